The Balaban J connectivity index is 1.80. The summed E-state index contributed by atoms with van der Waals surface area (Å²) in [6.45, 7) is 0. The molecule has 1 atom stereocenters. The second kappa shape index (κ2) is 6.57. The average molecular weight is 330 g/mol. The summed E-state index contributed by atoms with van der Waals surface area (Å²) in [6.07, 6.45) is 0.0783. The van der Waals surface area contributed by atoms with Crippen LogP contribution in [0.2, 0.25) is 0 Å². The Morgan fingerprint density at radius 1 is 1.30 bits per heavy atom. The molecule has 2 heterocycles. The highest BCUT2D eigenvalue weighted by Gasteiger charge is 2.20. The number of methoxy groups -OCH3 is 1. The van der Waals surface area contributed by atoms with Gasteiger partial charge >= 0.3 is 5.97 Å². The first-order valence-electron chi connectivity index (χ1n) is 6.89. The zero-order valence-electron chi connectivity index (χ0n) is 12.3. The number of carbonyl (C=O) groups excluding carboxylic acids is 2. The monoisotopic (exact) mass is 330 g/mol. The van der Waals surface area contributed by atoms with Crippen LogP contribution in [0.4, 0.5) is 0 Å². The average Bonchev–Trinajstić information content (AvgIpc) is 3.24. The summed E-state index contributed by atoms with van der Waals surface area (Å²) >= 11 is 1.47. The summed E-state index contributed by atoms with van der Waals surface area (Å²) < 4.78 is 4.71. The SMILES string of the molecule is COC(=O)C[C@H](NC(=O)c1ccc2n[nH]nc2c1)c1cccs1. The van der Waals surface area contributed by atoms with Gasteiger partial charge in [0.1, 0.15) is 11.0 Å². The van der Waals surface area contributed by atoms with Gasteiger partial charge in [0, 0.05) is 10.4 Å². The smallest absolute Gasteiger partial charge is 0.307 e. The number of ether oxygens (including phenoxy) is 1. The first-order valence-corrected chi connectivity index (χ1v) is 7.77. The van der Waals surface area contributed by atoms with Gasteiger partial charge in [-0.15, -0.1) is 11.3 Å². The Kier molecular flexibility index (Phi) is 4.33. The third kappa shape index (κ3) is 3.37. The van der Waals surface area contributed by atoms with Gasteiger partial charge in [0.05, 0.1) is 19.6 Å². The molecule has 1 amide bonds. The number of H-pyrrole nitrogens is 1. The summed E-state index contributed by atoms with van der Waals surface area (Å²) in [5, 5.41) is 15.2. The minimum absolute atomic E-state index is 0.0783. The lowest BCUT2D eigenvalue weighted by atomic mass is 10.1. The maximum absolute atomic E-state index is 12.5. The molecule has 0 unspecified atom stereocenters. The molecule has 0 saturated heterocycles. The van der Waals surface area contributed by atoms with Gasteiger partial charge < -0.3 is 10.1 Å². The predicted octanol–water partition coefficient (Wildman–Crippen LogP) is 2.05. The van der Waals surface area contributed by atoms with Crippen molar-refractivity contribution in [3.8, 4) is 0 Å². The minimum Gasteiger partial charge on any atom is -0.469 e. The molecule has 2 N–H and O–H groups in total. The summed E-state index contributed by atoms with van der Waals surface area (Å²) in [7, 11) is 1.33. The summed E-state index contributed by atoms with van der Waals surface area (Å²) in [4.78, 5) is 24.9. The standard InChI is InChI=1S/C15H14N4O3S/c1-22-14(20)8-12(13-3-2-6-23-13)16-15(21)9-4-5-10-11(7-9)18-19-17-10/h2-7,12H,8H2,1H3,(H,16,21)(H,17,18,19)/t12-/m0/s1. The molecule has 0 spiro atoms. The van der Waals surface area contributed by atoms with E-state index in [0.29, 0.717) is 16.6 Å². The number of amides is 1. The van der Waals surface area contributed by atoms with Crippen molar-refractivity contribution in [3.63, 3.8) is 0 Å². The van der Waals surface area contributed by atoms with Crippen molar-refractivity contribution in [3.05, 3.63) is 46.2 Å². The van der Waals surface area contributed by atoms with Crippen molar-refractivity contribution in [1.82, 2.24) is 20.7 Å². The number of carbonyl (C=O) groups is 2. The van der Waals surface area contributed by atoms with Gasteiger partial charge in [-0.05, 0) is 29.6 Å². The maximum atomic E-state index is 12.5. The lowest BCUT2D eigenvalue weighted by Gasteiger charge is -2.16. The Labute approximate surface area is 135 Å². The van der Waals surface area contributed by atoms with Crippen molar-refractivity contribution < 1.29 is 14.3 Å². The maximum Gasteiger partial charge on any atom is 0.307 e. The highest BCUT2D eigenvalue weighted by Crippen LogP contribution is 2.23. The van der Waals surface area contributed by atoms with Crippen molar-refractivity contribution in [2.24, 2.45) is 0 Å². The van der Waals surface area contributed by atoms with Crippen molar-refractivity contribution in [1.29, 1.82) is 0 Å². The molecule has 0 saturated carbocycles. The largest absolute Gasteiger partial charge is 0.469 e. The molecule has 7 nitrogen and oxygen atoms in total. The van der Waals surface area contributed by atoms with E-state index in [1.165, 1.54) is 18.4 Å². The Morgan fingerprint density at radius 2 is 2.13 bits per heavy atom. The number of aromatic nitrogens is 3. The lowest BCUT2D eigenvalue weighted by Crippen LogP contribution is -2.30. The van der Waals surface area contributed by atoms with Gasteiger partial charge in [-0.25, -0.2) is 0 Å². The molecule has 0 aliphatic carbocycles. The number of rotatable bonds is 5. The molecule has 0 radical (unpaired) electrons. The van der Waals surface area contributed by atoms with Crippen LogP contribution in [0, 0.1) is 0 Å². The molecule has 0 aliphatic rings. The number of fused-ring (bicyclic) bond motifs is 1. The molecule has 118 valence electrons. The van der Waals surface area contributed by atoms with Crippen molar-refractivity contribution in [2.45, 2.75) is 12.5 Å². The van der Waals surface area contributed by atoms with Crippen LogP contribution in [0.1, 0.15) is 27.7 Å². The number of nitrogens with zero attached hydrogens (tertiary/aromatic N) is 2. The Bertz CT molecular complexity index is 828. The first-order chi connectivity index (χ1) is 11.2. The highest BCUT2D eigenvalue weighted by molar-refractivity contribution is 7.10. The second-order valence-electron chi connectivity index (χ2n) is 4.85. The predicted molar refractivity (Wildman–Crippen MR) is 85.0 cm³/mol. The number of thiophene rings is 1. The van der Waals surface area contributed by atoms with Crippen LogP contribution < -0.4 is 5.32 Å². The molecule has 0 aliphatic heterocycles. The fourth-order valence-corrected chi connectivity index (χ4v) is 2.96. The second-order valence-corrected chi connectivity index (χ2v) is 5.83. The zero-order chi connectivity index (χ0) is 16.2. The van der Waals surface area contributed by atoms with Crippen LogP contribution in [0.15, 0.2) is 35.7 Å². The van der Waals surface area contributed by atoms with E-state index in [9.17, 15) is 9.59 Å². The van der Waals surface area contributed by atoms with E-state index in [-0.39, 0.29) is 18.3 Å². The number of esters is 1. The van der Waals surface area contributed by atoms with E-state index >= 15 is 0 Å². The van der Waals surface area contributed by atoms with E-state index < -0.39 is 6.04 Å². The molecule has 0 fully saturated rings. The van der Waals surface area contributed by atoms with Gasteiger partial charge in [0.25, 0.3) is 5.91 Å². The molecule has 0 bridgehead atoms. The molecule has 23 heavy (non-hydrogen) atoms. The van der Waals surface area contributed by atoms with E-state index in [0.717, 1.165) is 4.88 Å². The Morgan fingerprint density at radius 3 is 2.87 bits per heavy atom. The van der Waals surface area contributed by atoms with Crippen LogP contribution in [-0.4, -0.2) is 34.4 Å². The van der Waals surface area contributed by atoms with Gasteiger partial charge in [0.2, 0.25) is 0 Å². The number of nitrogens with one attached hydrogen (secondary N) is 2. The number of hydrogen-bond donors (Lipinski definition) is 2. The summed E-state index contributed by atoms with van der Waals surface area (Å²) in [5.41, 5.74) is 1.75. The lowest BCUT2D eigenvalue weighted by molar-refractivity contribution is -0.141. The molecule has 2 aromatic heterocycles. The van der Waals surface area contributed by atoms with Crippen molar-refractivity contribution in [2.75, 3.05) is 7.11 Å². The van der Waals surface area contributed by atoms with E-state index in [2.05, 4.69) is 20.7 Å². The van der Waals surface area contributed by atoms with Gasteiger partial charge in [-0.3, -0.25) is 9.59 Å². The van der Waals surface area contributed by atoms with Crippen LogP contribution in [0.25, 0.3) is 11.0 Å². The normalized spacial score (nSPS) is 12.0. The molecule has 3 rings (SSSR count). The zero-order valence-corrected chi connectivity index (χ0v) is 13.1. The molecule has 3 aromatic rings. The van der Waals surface area contributed by atoms with Gasteiger partial charge in [0.15, 0.2) is 0 Å². The third-order valence-corrected chi connectivity index (χ3v) is 4.35. The minimum atomic E-state index is -0.428. The number of aromatic amines is 1. The third-order valence-electron chi connectivity index (χ3n) is 3.37. The van der Waals surface area contributed by atoms with Crippen LogP contribution in [-0.2, 0) is 9.53 Å². The van der Waals surface area contributed by atoms with Crippen LogP contribution in [0.5, 0.6) is 0 Å². The Hall–Kier alpha value is -2.74. The highest BCUT2D eigenvalue weighted by atomic mass is 32.1. The molecule has 1 aromatic carbocycles. The summed E-state index contributed by atoms with van der Waals surface area (Å²) in [5.74, 6) is -0.659. The van der Waals surface area contributed by atoms with E-state index in [1.54, 1.807) is 18.2 Å². The molecular weight excluding hydrogens is 316 g/mol. The molecule has 8 heteroatoms. The fourth-order valence-electron chi connectivity index (χ4n) is 2.19. The van der Waals surface area contributed by atoms with Crippen LogP contribution >= 0.6 is 11.3 Å². The van der Waals surface area contributed by atoms with E-state index in [4.69, 9.17) is 4.74 Å². The first kappa shape index (κ1) is 15.2. The quantitative estimate of drug-likeness (QED) is 0.698. The number of benzene rings is 1. The molecular formula is C15H14N4O3S. The van der Waals surface area contributed by atoms with Crippen LogP contribution in [0.3, 0.4) is 0 Å². The summed E-state index contributed by atoms with van der Waals surface area (Å²) in [6, 6.07) is 8.36. The van der Waals surface area contributed by atoms with E-state index in [1.807, 2.05) is 17.5 Å². The number of hydrogen-bond acceptors (Lipinski definition) is 6. The fraction of sp³-hybridized carbons (Fsp3) is 0.200. The van der Waals surface area contributed by atoms with Gasteiger partial charge in [-0.1, -0.05) is 6.07 Å². The van der Waals surface area contributed by atoms with Gasteiger partial charge in [-0.2, -0.15) is 15.4 Å². The van der Waals surface area contributed by atoms with Crippen molar-refractivity contribution >= 4 is 34.2 Å². The topological polar surface area (TPSA) is 97.0 Å².